The van der Waals surface area contributed by atoms with E-state index in [0.29, 0.717) is 35.4 Å². The maximum atomic E-state index is 13.7. The Kier molecular flexibility index (Phi) is 10.1. The number of benzene rings is 2. The van der Waals surface area contributed by atoms with Gasteiger partial charge >= 0.3 is 0 Å². The second kappa shape index (κ2) is 13.7. The van der Waals surface area contributed by atoms with Gasteiger partial charge in [0.05, 0.1) is 25.8 Å². The van der Waals surface area contributed by atoms with Crippen LogP contribution in [0.5, 0.6) is 11.5 Å². The van der Waals surface area contributed by atoms with Crippen LogP contribution in [0.4, 0.5) is 11.4 Å². The van der Waals surface area contributed by atoms with E-state index in [2.05, 4.69) is 22.0 Å². The number of hydrogen-bond acceptors (Lipinski definition) is 7. The van der Waals surface area contributed by atoms with E-state index in [4.69, 9.17) is 21.7 Å². The van der Waals surface area contributed by atoms with Gasteiger partial charge in [-0.25, -0.2) is 0 Å². The van der Waals surface area contributed by atoms with Gasteiger partial charge in [-0.05, 0) is 87.2 Å². The summed E-state index contributed by atoms with van der Waals surface area (Å²) in [4.78, 5) is 35.1. The molecule has 0 radical (unpaired) electrons. The maximum absolute atomic E-state index is 13.7. The molecular formula is C29H39N5O4S. The average molecular weight is 554 g/mol. The Bertz CT molecular complexity index is 1120. The lowest BCUT2D eigenvalue weighted by Crippen LogP contribution is -2.47. The largest absolute Gasteiger partial charge is 0.497 e. The van der Waals surface area contributed by atoms with Gasteiger partial charge in [-0.1, -0.05) is 6.92 Å². The molecule has 2 heterocycles. The molecule has 0 unspecified atom stereocenters. The molecule has 2 aromatic rings. The highest BCUT2D eigenvalue weighted by Crippen LogP contribution is 2.29. The number of rotatable bonds is 12. The molecule has 39 heavy (non-hydrogen) atoms. The van der Waals surface area contributed by atoms with Crippen molar-refractivity contribution in [1.82, 2.24) is 14.7 Å². The summed E-state index contributed by atoms with van der Waals surface area (Å²) in [6.45, 7) is 11.6. The number of nitrogens with one attached hydrogen (secondary N) is 1. The zero-order valence-electron chi connectivity index (χ0n) is 23.1. The highest BCUT2D eigenvalue weighted by Gasteiger charge is 2.44. The Hall–Kier alpha value is -3.21. The molecule has 0 spiro atoms. The van der Waals surface area contributed by atoms with Crippen molar-refractivity contribution in [2.45, 2.75) is 32.7 Å². The van der Waals surface area contributed by atoms with Gasteiger partial charge < -0.3 is 29.5 Å². The average Bonchev–Trinajstić information content (AvgIpc) is 3.18. The van der Waals surface area contributed by atoms with Crippen molar-refractivity contribution >= 4 is 40.5 Å². The fourth-order valence-corrected chi connectivity index (χ4v) is 5.45. The Morgan fingerprint density at radius 2 is 1.59 bits per heavy atom. The molecule has 1 atom stereocenters. The number of thiocarbonyl (C=S) groups is 1. The molecule has 2 amide bonds. The number of methoxy groups -OCH3 is 1. The summed E-state index contributed by atoms with van der Waals surface area (Å²) >= 11 is 5.82. The van der Waals surface area contributed by atoms with Crippen molar-refractivity contribution in [3.8, 4) is 11.5 Å². The van der Waals surface area contributed by atoms with Gasteiger partial charge in [0.1, 0.15) is 17.5 Å². The van der Waals surface area contributed by atoms with E-state index in [1.165, 1.54) is 0 Å². The zero-order chi connectivity index (χ0) is 27.8. The van der Waals surface area contributed by atoms with E-state index in [1.807, 2.05) is 36.1 Å². The summed E-state index contributed by atoms with van der Waals surface area (Å²) in [5.41, 5.74) is 1.32. The quantitative estimate of drug-likeness (QED) is 0.401. The first kappa shape index (κ1) is 28.8. The molecule has 2 aliphatic heterocycles. The Morgan fingerprint density at radius 1 is 0.949 bits per heavy atom. The third-order valence-corrected chi connectivity index (χ3v) is 7.68. The summed E-state index contributed by atoms with van der Waals surface area (Å²) in [7, 11) is 1.60. The number of hydrogen-bond donors (Lipinski definition) is 1. The number of nitrogens with zero attached hydrogens (tertiary/aromatic N) is 4. The van der Waals surface area contributed by atoms with Crippen LogP contribution in [0.3, 0.4) is 0 Å². The standard InChI is InChI=1S/C29H39N5O4S/c1-4-31-17-19-32(20-18-31)15-6-16-33-26(21-27(35)30-22-7-11-25(12-8-22)38-5-2)28(36)34(29(33)39)23-9-13-24(37-3)14-10-23/h7-14,26H,4-6,15-21H2,1-3H3,(H,30,35)/t26-/m1/s1. The molecule has 9 nitrogen and oxygen atoms in total. The van der Waals surface area contributed by atoms with Crippen LogP contribution in [-0.2, 0) is 9.59 Å². The van der Waals surface area contributed by atoms with Gasteiger partial charge in [-0.3, -0.25) is 14.5 Å². The maximum Gasteiger partial charge on any atom is 0.256 e. The molecule has 2 aromatic carbocycles. The van der Waals surface area contributed by atoms with Crippen molar-refractivity contribution in [2.24, 2.45) is 0 Å². The number of carbonyl (C=O) groups excluding carboxylic acids is 2. The summed E-state index contributed by atoms with van der Waals surface area (Å²) in [6, 6.07) is 13.8. The molecule has 2 aliphatic rings. The van der Waals surface area contributed by atoms with Crippen LogP contribution in [0.2, 0.25) is 0 Å². The third-order valence-electron chi connectivity index (χ3n) is 7.26. The Labute approximate surface area is 236 Å². The van der Waals surface area contributed by atoms with E-state index in [1.54, 1.807) is 36.3 Å². The van der Waals surface area contributed by atoms with Crippen molar-refractivity contribution in [3.05, 3.63) is 48.5 Å². The van der Waals surface area contributed by atoms with E-state index < -0.39 is 6.04 Å². The van der Waals surface area contributed by atoms with Crippen LogP contribution < -0.4 is 19.7 Å². The predicted octanol–water partition coefficient (Wildman–Crippen LogP) is 3.45. The van der Waals surface area contributed by atoms with Crippen molar-refractivity contribution in [1.29, 1.82) is 0 Å². The Balaban J connectivity index is 1.44. The minimum absolute atomic E-state index is 0.00795. The van der Waals surface area contributed by atoms with Gasteiger partial charge in [0.25, 0.3) is 5.91 Å². The minimum atomic E-state index is -0.667. The molecule has 4 rings (SSSR count). The summed E-state index contributed by atoms with van der Waals surface area (Å²) in [5.74, 6) is 1.01. The first-order chi connectivity index (χ1) is 18.9. The fourth-order valence-electron chi connectivity index (χ4n) is 5.04. The Morgan fingerprint density at radius 3 is 2.21 bits per heavy atom. The molecule has 0 saturated carbocycles. The lowest BCUT2D eigenvalue weighted by atomic mass is 10.1. The van der Waals surface area contributed by atoms with Gasteiger partial charge in [-0.15, -0.1) is 0 Å². The van der Waals surface area contributed by atoms with E-state index >= 15 is 0 Å². The molecule has 0 aliphatic carbocycles. The second-order valence-corrected chi connectivity index (χ2v) is 10.1. The van der Waals surface area contributed by atoms with E-state index in [-0.39, 0.29) is 18.2 Å². The zero-order valence-corrected chi connectivity index (χ0v) is 23.9. The number of ether oxygens (including phenoxy) is 2. The number of anilines is 2. The van der Waals surface area contributed by atoms with Gasteiger partial charge in [0.2, 0.25) is 5.91 Å². The molecule has 10 heteroatoms. The topological polar surface area (TPSA) is 77.6 Å². The molecule has 210 valence electrons. The lowest BCUT2D eigenvalue weighted by Gasteiger charge is -2.34. The second-order valence-electron chi connectivity index (χ2n) is 9.70. The number of piperazine rings is 1. The van der Waals surface area contributed by atoms with E-state index in [9.17, 15) is 9.59 Å². The van der Waals surface area contributed by atoms with Crippen LogP contribution in [0.25, 0.3) is 0 Å². The van der Waals surface area contributed by atoms with Crippen molar-refractivity contribution in [3.63, 3.8) is 0 Å². The number of likely N-dealkylation sites (N-methyl/N-ethyl adjacent to an activating group) is 1. The molecule has 0 bridgehead atoms. The summed E-state index contributed by atoms with van der Waals surface area (Å²) in [6.07, 6.45) is 0.862. The lowest BCUT2D eigenvalue weighted by molar-refractivity contribution is -0.124. The number of amides is 2. The molecule has 1 N–H and O–H groups in total. The van der Waals surface area contributed by atoms with E-state index in [0.717, 1.165) is 51.4 Å². The third kappa shape index (κ3) is 7.26. The first-order valence-corrected chi connectivity index (χ1v) is 14.1. The first-order valence-electron chi connectivity index (χ1n) is 13.7. The van der Waals surface area contributed by atoms with Gasteiger partial charge in [-0.2, -0.15) is 0 Å². The summed E-state index contributed by atoms with van der Waals surface area (Å²) < 4.78 is 10.7. The monoisotopic (exact) mass is 553 g/mol. The highest BCUT2D eigenvalue weighted by molar-refractivity contribution is 7.80. The highest BCUT2D eigenvalue weighted by atomic mass is 32.1. The van der Waals surface area contributed by atoms with Crippen molar-refractivity contribution < 1.29 is 19.1 Å². The molecule has 2 fully saturated rings. The van der Waals surface area contributed by atoms with Crippen molar-refractivity contribution in [2.75, 3.05) is 69.7 Å². The van der Waals surface area contributed by atoms with Gasteiger partial charge in [0, 0.05) is 38.4 Å². The van der Waals surface area contributed by atoms with Crippen LogP contribution in [-0.4, -0.2) is 97.2 Å². The van der Waals surface area contributed by atoms with Crippen LogP contribution in [0.1, 0.15) is 26.7 Å². The van der Waals surface area contributed by atoms with Crippen LogP contribution in [0, 0.1) is 0 Å². The number of carbonyl (C=O) groups is 2. The van der Waals surface area contributed by atoms with Crippen LogP contribution in [0.15, 0.2) is 48.5 Å². The molecule has 0 aromatic heterocycles. The minimum Gasteiger partial charge on any atom is -0.497 e. The van der Waals surface area contributed by atoms with Crippen LogP contribution >= 0.6 is 12.2 Å². The molecular weight excluding hydrogens is 514 g/mol. The normalized spacial score (nSPS) is 18.5. The molecule has 2 saturated heterocycles. The SMILES string of the molecule is CCOc1ccc(NC(=O)C[C@@H]2C(=O)N(c3ccc(OC)cc3)C(=S)N2CCCN2CCN(CC)CC2)cc1. The smallest absolute Gasteiger partial charge is 0.256 e. The summed E-state index contributed by atoms with van der Waals surface area (Å²) in [5, 5.41) is 3.35. The van der Waals surface area contributed by atoms with Gasteiger partial charge in [0.15, 0.2) is 5.11 Å². The predicted molar refractivity (Wildman–Crippen MR) is 158 cm³/mol. The fraction of sp³-hybridized carbons (Fsp3) is 0.483.